The molecule has 0 spiro atoms. The second-order valence-corrected chi connectivity index (χ2v) is 5.87. The van der Waals surface area contributed by atoms with Crippen molar-refractivity contribution in [2.24, 2.45) is 0 Å². The zero-order chi connectivity index (χ0) is 15.9. The predicted molar refractivity (Wildman–Crippen MR) is 90.5 cm³/mol. The van der Waals surface area contributed by atoms with Gasteiger partial charge in [-0.2, -0.15) is 4.98 Å². The van der Waals surface area contributed by atoms with Gasteiger partial charge < -0.3 is 15.3 Å². The number of nitrogens with one attached hydrogen (secondary N) is 1. The van der Waals surface area contributed by atoms with Gasteiger partial charge in [-0.3, -0.25) is 4.98 Å². The molecular weight excluding hydrogens is 290 g/mol. The maximum atomic E-state index is 9.79. The lowest BCUT2D eigenvalue weighted by atomic mass is 10.1. The van der Waals surface area contributed by atoms with Gasteiger partial charge in [0.1, 0.15) is 5.82 Å². The van der Waals surface area contributed by atoms with Crippen LogP contribution in [0.3, 0.4) is 0 Å². The summed E-state index contributed by atoms with van der Waals surface area (Å²) < 4.78 is 0. The van der Waals surface area contributed by atoms with E-state index >= 15 is 0 Å². The summed E-state index contributed by atoms with van der Waals surface area (Å²) >= 11 is 0. The average Bonchev–Trinajstić information content (AvgIpc) is 2.60. The van der Waals surface area contributed by atoms with Gasteiger partial charge in [-0.05, 0) is 49.4 Å². The Morgan fingerprint density at radius 2 is 2.09 bits per heavy atom. The van der Waals surface area contributed by atoms with Crippen LogP contribution in [-0.2, 0) is 6.42 Å². The monoisotopic (exact) mass is 313 g/mol. The van der Waals surface area contributed by atoms with E-state index in [1.807, 2.05) is 30.6 Å². The van der Waals surface area contributed by atoms with Crippen LogP contribution in [0.1, 0.15) is 24.8 Å². The van der Waals surface area contributed by atoms with Crippen molar-refractivity contribution in [1.29, 1.82) is 0 Å². The Morgan fingerprint density at radius 3 is 2.91 bits per heavy atom. The zero-order valence-corrected chi connectivity index (χ0v) is 13.2. The first-order valence-electron chi connectivity index (χ1n) is 8.20. The largest absolute Gasteiger partial charge is 0.391 e. The van der Waals surface area contributed by atoms with Gasteiger partial charge in [-0.25, -0.2) is 4.98 Å². The summed E-state index contributed by atoms with van der Waals surface area (Å²) in [4.78, 5) is 15.0. The molecule has 1 saturated heterocycles. The molecule has 0 aromatic carbocycles. The number of hydrogen-bond acceptors (Lipinski definition) is 6. The molecule has 1 aliphatic rings. The summed E-state index contributed by atoms with van der Waals surface area (Å²) in [5, 5.41) is 13.1. The highest BCUT2D eigenvalue weighted by atomic mass is 16.3. The van der Waals surface area contributed by atoms with Crippen LogP contribution in [0.25, 0.3) is 0 Å². The van der Waals surface area contributed by atoms with Crippen LogP contribution in [0.5, 0.6) is 0 Å². The standard InChI is InChI=1S/C17H23N5O/c23-15-4-2-12-22(13-15)16-7-11-20-17(21-16)19-8-1-3-14-5-9-18-10-6-14/h5-7,9-11,15,23H,1-4,8,12-13H2,(H,19,20,21)/t15-/m1/s1. The second kappa shape index (κ2) is 7.87. The number of rotatable bonds is 6. The summed E-state index contributed by atoms with van der Waals surface area (Å²) in [6.07, 6.45) is 9.06. The number of nitrogens with zero attached hydrogens (tertiary/aromatic N) is 4. The van der Waals surface area contributed by atoms with Crippen molar-refractivity contribution in [3.63, 3.8) is 0 Å². The lowest BCUT2D eigenvalue weighted by Crippen LogP contribution is -2.38. The van der Waals surface area contributed by atoms with E-state index in [4.69, 9.17) is 0 Å². The van der Waals surface area contributed by atoms with Crippen LogP contribution in [0, 0.1) is 0 Å². The Labute approximate surface area is 136 Å². The second-order valence-electron chi connectivity index (χ2n) is 5.87. The maximum Gasteiger partial charge on any atom is 0.224 e. The molecule has 0 unspecified atom stereocenters. The lowest BCUT2D eigenvalue weighted by molar-refractivity contribution is 0.154. The van der Waals surface area contributed by atoms with Gasteiger partial charge in [0.05, 0.1) is 6.10 Å². The van der Waals surface area contributed by atoms with Crippen molar-refractivity contribution in [2.75, 3.05) is 29.9 Å². The molecule has 23 heavy (non-hydrogen) atoms. The molecule has 1 fully saturated rings. The molecule has 1 aliphatic heterocycles. The average molecular weight is 313 g/mol. The van der Waals surface area contributed by atoms with Crippen molar-refractivity contribution < 1.29 is 5.11 Å². The van der Waals surface area contributed by atoms with Crippen LogP contribution < -0.4 is 10.2 Å². The molecule has 2 aromatic heterocycles. The van der Waals surface area contributed by atoms with Gasteiger partial charge >= 0.3 is 0 Å². The first kappa shape index (κ1) is 15.7. The number of aliphatic hydroxyl groups excluding tert-OH is 1. The van der Waals surface area contributed by atoms with Gasteiger partial charge in [0.15, 0.2) is 0 Å². The third kappa shape index (κ3) is 4.63. The molecule has 2 aromatic rings. The van der Waals surface area contributed by atoms with Gasteiger partial charge in [-0.1, -0.05) is 0 Å². The number of pyridine rings is 1. The molecule has 0 radical (unpaired) electrons. The zero-order valence-electron chi connectivity index (χ0n) is 13.2. The van der Waals surface area contributed by atoms with Crippen LogP contribution in [-0.4, -0.2) is 45.8 Å². The topological polar surface area (TPSA) is 74.2 Å². The van der Waals surface area contributed by atoms with E-state index < -0.39 is 0 Å². The van der Waals surface area contributed by atoms with Crippen molar-refractivity contribution in [3.05, 3.63) is 42.4 Å². The van der Waals surface area contributed by atoms with Crippen LogP contribution in [0.2, 0.25) is 0 Å². The molecule has 3 rings (SSSR count). The third-order valence-electron chi connectivity index (χ3n) is 4.04. The Hall–Kier alpha value is -2.21. The summed E-state index contributed by atoms with van der Waals surface area (Å²) in [5.74, 6) is 1.53. The van der Waals surface area contributed by atoms with E-state index in [-0.39, 0.29) is 6.10 Å². The molecule has 0 bridgehead atoms. The Bertz CT molecular complexity index is 607. The number of piperidine rings is 1. The summed E-state index contributed by atoms with van der Waals surface area (Å²) in [7, 11) is 0. The highest BCUT2D eigenvalue weighted by Gasteiger charge is 2.19. The molecule has 0 aliphatic carbocycles. The molecule has 1 atom stereocenters. The number of hydrogen-bond donors (Lipinski definition) is 2. The smallest absolute Gasteiger partial charge is 0.224 e. The van der Waals surface area contributed by atoms with Crippen molar-refractivity contribution in [2.45, 2.75) is 31.8 Å². The van der Waals surface area contributed by atoms with Gasteiger partial charge in [0.2, 0.25) is 5.95 Å². The quantitative estimate of drug-likeness (QED) is 0.793. The summed E-state index contributed by atoms with van der Waals surface area (Å²) in [6.45, 7) is 2.42. The summed E-state index contributed by atoms with van der Waals surface area (Å²) in [6, 6.07) is 5.98. The molecule has 3 heterocycles. The fraction of sp³-hybridized carbons (Fsp3) is 0.471. The number of aliphatic hydroxyl groups is 1. The van der Waals surface area contributed by atoms with Crippen LogP contribution in [0.15, 0.2) is 36.8 Å². The van der Waals surface area contributed by atoms with Crippen molar-refractivity contribution in [3.8, 4) is 0 Å². The number of aromatic nitrogens is 3. The molecular formula is C17H23N5O. The Morgan fingerprint density at radius 1 is 1.22 bits per heavy atom. The van der Waals surface area contributed by atoms with Gasteiger partial charge in [0.25, 0.3) is 0 Å². The van der Waals surface area contributed by atoms with E-state index in [1.54, 1.807) is 6.20 Å². The van der Waals surface area contributed by atoms with Crippen molar-refractivity contribution >= 4 is 11.8 Å². The lowest BCUT2D eigenvalue weighted by Gasteiger charge is -2.31. The SMILES string of the molecule is O[C@@H]1CCCN(c2ccnc(NCCCc3ccncc3)n2)C1. The first-order valence-corrected chi connectivity index (χ1v) is 8.20. The molecule has 0 amide bonds. The third-order valence-corrected chi connectivity index (χ3v) is 4.04. The van der Waals surface area contributed by atoms with E-state index in [0.717, 1.165) is 44.6 Å². The molecule has 6 nitrogen and oxygen atoms in total. The Kier molecular flexibility index (Phi) is 5.37. The minimum absolute atomic E-state index is 0.254. The molecule has 0 saturated carbocycles. The number of β-amino-alcohol motifs (C(OH)–C–C–N with tert-alkyl or cyclic N) is 1. The fourth-order valence-electron chi connectivity index (χ4n) is 2.82. The fourth-order valence-corrected chi connectivity index (χ4v) is 2.82. The minimum atomic E-state index is -0.254. The van der Waals surface area contributed by atoms with E-state index in [2.05, 4.69) is 25.2 Å². The number of aryl methyl sites for hydroxylation is 1. The van der Waals surface area contributed by atoms with E-state index in [0.29, 0.717) is 12.5 Å². The molecule has 122 valence electrons. The molecule has 2 N–H and O–H groups in total. The van der Waals surface area contributed by atoms with Crippen molar-refractivity contribution in [1.82, 2.24) is 15.0 Å². The summed E-state index contributed by atoms with van der Waals surface area (Å²) in [5.41, 5.74) is 1.29. The van der Waals surface area contributed by atoms with E-state index in [9.17, 15) is 5.11 Å². The van der Waals surface area contributed by atoms with Gasteiger partial charge in [0, 0.05) is 38.2 Å². The van der Waals surface area contributed by atoms with Crippen LogP contribution in [0.4, 0.5) is 11.8 Å². The highest BCUT2D eigenvalue weighted by molar-refractivity contribution is 5.43. The highest BCUT2D eigenvalue weighted by Crippen LogP contribution is 2.18. The maximum absolute atomic E-state index is 9.79. The minimum Gasteiger partial charge on any atom is -0.391 e. The predicted octanol–water partition coefficient (Wildman–Crippen LogP) is 1.88. The normalized spacial score (nSPS) is 18.0. The van der Waals surface area contributed by atoms with E-state index in [1.165, 1.54) is 5.56 Å². The Balaban J connectivity index is 1.49. The number of anilines is 2. The van der Waals surface area contributed by atoms with Crippen LogP contribution >= 0.6 is 0 Å². The first-order chi connectivity index (χ1) is 11.3. The molecule has 6 heteroatoms. The van der Waals surface area contributed by atoms with Gasteiger partial charge in [-0.15, -0.1) is 0 Å².